The molecule has 7 nitrogen and oxygen atoms in total. The van der Waals surface area contributed by atoms with Gasteiger partial charge in [0.25, 0.3) is 0 Å². The lowest BCUT2D eigenvalue weighted by Crippen LogP contribution is -2.47. The van der Waals surface area contributed by atoms with Gasteiger partial charge in [-0.05, 0) is 48.8 Å². The predicted octanol–water partition coefficient (Wildman–Crippen LogP) is 3.86. The van der Waals surface area contributed by atoms with E-state index in [4.69, 9.17) is 4.74 Å². The molecule has 3 atom stereocenters. The third-order valence-electron chi connectivity index (χ3n) is 7.17. The first-order valence-corrected chi connectivity index (χ1v) is 13.2. The fourth-order valence-corrected chi connectivity index (χ4v) is 5.01. The molecule has 0 radical (unpaired) electrons. The van der Waals surface area contributed by atoms with E-state index >= 15 is 0 Å². The van der Waals surface area contributed by atoms with Crippen LogP contribution in [0, 0.1) is 5.92 Å². The number of carbonyl (C=O) groups excluding carboxylic acids is 3. The van der Waals surface area contributed by atoms with Crippen LogP contribution in [0.1, 0.15) is 61.3 Å². The summed E-state index contributed by atoms with van der Waals surface area (Å²) < 4.78 is 5.73. The molecule has 2 aromatic carbocycles. The number of aliphatic hydroxyl groups is 1. The van der Waals surface area contributed by atoms with E-state index in [0.29, 0.717) is 25.8 Å². The van der Waals surface area contributed by atoms with Gasteiger partial charge in [0.15, 0.2) is 0 Å². The number of hydrogen-bond donors (Lipinski definition) is 2. The highest BCUT2D eigenvalue weighted by Gasteiger charge is 2.32. The SMILES string of the molecule is O=C1CCCCC=CC[C@H](CC(=O)N2Cc3ccccc3C[C@H]2CO)C(=O)NC[C@@H](c2ccccc2)O1. The summed E-state index contributed by atoms with van der Waals surface area (Å²) >= 11 is 0. The number of esters is 1. The van der Waals surface area contributed by atoms with Gasteiger partial charge in [-0.1, -0.05) is 66.7 Å². The van der Waals surface area contributed by atoms with Gasteiger partial charge in [0.1, 0.15) is 6.10 Å². The molecule has 2 N–H and O–H groups in total. The molecule has 0 aliphatic carbocycles. The lowest BCUT2D eigenvalue weighted by molar-refractivity contribution is -0.150. The Hall–Kier alpha value is -3.45. The fraction of sp³-hybridized carbons (Fsp3) is 0.433. The predicted molar refractivity (Wildman–Crippen MR) is 140 cm³/mol. The number of ether oxygens (including phenoxy) is 1. The zero-order valence-electron chi connectivity index (χ0n) is 21.2. The zero-order valence-corrected chi connectivity index (χ0v) is 21.2. The second-order valence-corrected chi connectivity index (χ2v) is 9.82. The lowest BCUT2D eigenvalue weighted by atomic mass is 9.92. The van der Waals surface area contributed by atoms with E-state index in [1.807, 2.05) is 66.7 Å². The van der Waals surface area contributed by atoms with Crippen molar-refractivity contribution in [3.05, 3.63) is 83.4 Å². The third kappa shape index (κ3) is 7.29. The number of nitrogens with zero attached hydrogens (tertiary/aromatic N) is 1. The minimum Gasteiger partial charge on any atom is -0.456 e. The molecule has 0 saturated carbocycles. The van der Waals surface area contributed by atoms with Gasteiger partial charge in [0.05, 0.1) is 25.1 Å². The molecule has 2 aliphatic heterocycles. The van der Waals surface area contributed by atoms with Crippen molar-refractivity contribution in [2.45, 2.75) is 63.6 Å². The van der Waals surface area contributed by atoms with E-state index in [0.717, 1.165) is 36.0 Å². The summed E-state index contributed by atoms with van der Waals surface area (Å²) in [6.45, 7) is 0.441. The molecule has 0 unspecified atom stereocenters. The number of hydrogen-bond acceptors (Lipinski definition) is 5. The van der Waals surface area contributed by atoms with Crippen LogP contribution in [-0.2, 0) is 32.1 Å². The Morgan fingerprint density at radius 1 is 1.00 bits per heavy atom. The van der Waals surface area contributed by atoms with Crippen LogP contribution in [0.5, 0.6) is 0 Å². The highest BCUT2D eigenvalue weighted by molar-refractivity contribution is 5.86. The summed E-state index contributed by atoms with van der Waals surface area (Å²) in [6, 6.07) is 17.0. The van der Waals surface area contributed by atoms with Gasteiger partial charge in [-0.2, -0.15) is 0 Å². The normalized spacial score (nSPS) is 23.4. The molecule has 2 amide bonds. The average Bonchev–Trinajstić information content (AvgIpc) is 2.93. The second-order valence-electron chi connectivity index (χ2n) is 9.82. The minimum absolute atomic E-state index is 0.0463. The summed E-state index contributed by atoms with van der Waals surface area (Å²) in [6.07, 6.45) is 7.20. The molecule has 196 valence electrons. The number of rotatable bonds is 4. The molecular weight excluding hydrogens is 468 g/mol. The molecule has 37 heavy (non-hydrogen) atoms. The Morgan fingerprint density at radius 2 is 1.76 bits per heavy atom. The van der Waals surface area contributed by atoms with Gasteiger partial charge in [0.2, 0.25) is 11.8 Å². The largest absolute Gasteiger partial charge is 0.456 e. The van der Waals surface area contributed by atoms with E-state index in [2.05, 4.69) is 5.32 Å². The number of cyclic esters (lactones) is 1. The first kappa shape index (κ1) is 26.6. The van der Waals surface area contributed by atoms with Crippen molar-refractivity contribution in [2.24, 2.45) is 5.92 Å². The van der Waals surface area contributed by atoms with Gasteiger partial charge >= 0.3 is 5.97 Å². The Labute approximate surface area is 218 Å². The van der Waals surface area contributed by atoms with Crippen LogP contribution < -0.4 is 5.32 Å². The smallest absolute Gasteiger partial charge is 0.306 e. The van der Waals surface area contributed by atoms with Crippen molar-refractivity contribution >= 4 is 17.8 Å². The van der Waals surface area contributed by atoms with Crippen molar-refractivity contribution in [2.75, 3.05) is 13.2 Å². The van der Waals surface area contributed by atoms with E-state index in [-0.39, 0.29) is 43.4 Å². The molecule has 2 aromatic rings. The number of aliphatic hydroxyl groups excluding tert-OH is 1. The molecule has 4 rings (SSSR count). The van der Waals surface area contributed by atoms with E-state index in [1.54, 1.807) is 4.90 Å². The Morgan fingerprint density at radius 3 is 2.54 bits per heavy atom. The number of nitrogens with one attached hydrogen (secondary N) is 1. The van der Waals surface area contributed by atoms with Crippen molar-refractivity contribution < 1.29 is 24.2 Å². The summed E-state index contributed by atoms with van der Waals surface area (Å²) in [5.41, 5.74) is 3.03. The van der Waals surface area contributed by atoms with Crippen molar-refractivity contribution in [1.29, 1.82) is 0 Å². The Bertz CT molecular complexity index is 1100. The number of amides is 2. The van der Waals surface area contributed by atoms with Gasteiger partial charge in [0, 0.05) is 19.4 Å². The summed E-state index contributed by atoms with van der Waals surface area (Å²) in [5, 5.41) is 12.9. The van der Waals surface area contributed by atoms with E-state index in [9.17, 15) is 19.5 Å². The first-order chi connectivity index (χ1) is 18.0. The van der Waals surface area contributed by atoms with Crippen molar-refractivity contribution in [3.63, 3.8) is 0 Å². The van der Waals surface area contributed by atoms with E-state index in [1.165, 1.54) is 0 Å². The van der Waals surface area contributed by atoms with Gasteiger partial charge in [-0.3, -0.25) is 14.4 Å². The average molecular weight is 505 g/mol. The lowest BCUT2D eigenvalue weighted by Gasteiger charge is -2.36. The summed E-state index contributed by atoms with van der Waals surface area (Å²) in [4.78, 5) is 40.9. The van der Waals surface area contributed by atoms with Crippen molar-refractivity contribution in [1.82, 2.24) is 10.2 Å². The Kier molecular flexibility index (Phi) is 9.49. The molecule has 2 aliphatic rings. The number of carbonyl (C=O) groups is 3. The maximum absolute atomic E-state index is 13.4. The molecule has 7 heteroatoms. The molecule has 0 spiro atoms. The minimum atomic E-state index is -0.593. The van der Waals surface area contributed by atoms with Crippen LogP contribution in [-0.4, -0.2) is 47.0 Å². The zero-order chi connectivity index (χ0) is 26.0. The van der Waals surface area contributed by atoms with Crippen molar-refractivity contribution in [3.8, 4) is 0 Å². The highest BCUT2D eigenvalue weighted by atomic mass is 16.5. The second kappa shape index (κ2) is 13.2. The molecule has 0 bridgehead atoms. The van der Waals surface area contributed by atoms with Crippen LogP contribution in [0.4, 0.5) is 0 Å². The summed E-state index contributed by atoms with van der Waals surface area (Å²) in [7, 11) is 0. The van der Waals surface area contributed by atoms with Crippen LogP contribution in [0.3, 0.4) is 0 Å². The fourth-order valence-electron chi connectivity index (χ4n) is 5.01. The topological polar surface area (TPSA) is 95.9 Å². The third-order valence-corrected chi connectivity index (χ3v) is 7.17. The maximum atomic E-state index is 13.4. The molecule has 0 saturated heterocycles. The first-order valence-electron chi connectivity index (χ1n) is 13.2. The van der Waals surface area contributed by atoms with E-state index < -0.39 is 12.0 Å². The standard InChI is InChI=1S/C30H36N2O5/c33-21-26-17-23-13-9-10-15-25(23)20-32(26)28(34)18-24-14-5-2-1-3-8-16-29(35)37-27(19-31-30(24)36)22-11-6-4-7-12-22/h2,4-7,9-13,15,24,26-27,33H,1,3,8,14,16-21H2,(H,31,36)/t24-,26+,27+/m1/s1. The van der Waals surface area contributed by atoms with Crippen LogP contribution in [0.25, 0.3) is 0 Å². The summed E-state index contributed by atoms with van der Waals surface area (Å²) in [5.74, 6) is -1.23. The monoisotopic (exact) mass is 504 g/mol. The number of allylic oxidation sites excluding steroid dienone is 2. The van der Waals surface area contributed by atoms with Gasteiger partial charge in [-0.25, -0.2) is 0 Å². The highest BCUT2D eigenvalue weighted by Crippen LogP contribution is 2.26. The van der Waals surface area contributed by atoms with Crippen LogP contribution >= 0.6 is 0 Å². The van der Waals surface area contributed by atoms with Crippen LogP contribution in [0.2, 0.25) is 0 Å². The van der Waals surface area contributed by atoms with Crippen LogP contribution in [0.15, 0.2) is 66.7 Å². The van der Waals surface area contributed by atoms with Gasteiger partial charge < -0.3 is 20.1 Å². The number of benzene rings is 2. The maximum Gasteiger partial charge on any atom is 0.306 e. The quantitative estimate of drug-likeness (QED) is 0.487. The molecular formula is C30H36N2O5. The molecule has 0 aromatic heterocycles. The number of fused-ring (bicyclic) bond motifs is 1. The molecule has 0 fully saturated rings. The van der Waals surface area contributed by atoms with Gasteiger partial charge in [-0.15, -0.1) is 0 Å². The molecule has 2 heterocycles. The Balaban J connectivity index is 1.48.